The molecule has 1 saturated heterocycles. The van der Waals surface area contributed by atoms with E-state index in [1.54, 1.807) is 60.7 Å². The molecule has 0 radical (unpaired) electrons. The van der Waals surface area contributed by atoms with E-state index in [9.17, 15) is 17.8 Å². The molecule has 0 spiro atoms. The van der Waals surface area contributed by atoms with Crippen LogP contribution in [0.2, 0.25) is 0 Å². The third-order valence-electron chi connectivity index (χ3n) is 4.17. The first-order chi connectivity index (χ1) is 11.9. The SMILES string of the molecule is O=C1CCCCC(N(c2ccccc2)c2ccccc2)(S(=O)(=O)O)O1. The van der Waals surface area contributed by atoms with E-state index in [1.807, 2.05) is 0 Å². The lowest BCUT2D eigenvalue weighted by Crippen LogP contribution is -2.55. The van der Waals surface area contributed by atoms with Crippen LogP contribution >= 0.6 is 0 Å². The molecule has 0 aliphatic carbocycles. The van der Waals surface area contributed by atoms with Gasteiger partial charge in [0.2, 0.25) is 0 Å². The number of cyclic esters (lactones) is 1. The zero-order valence-electron chi connectivity index (χ0n) is 13.5. The van der Waals surface area contributed by atoms with Crippen molar-refractivity contribution in [1.29, 1.82) is 0 Å². The lowest BCUT2D eigenvalue weighted by molar-refractivity contribution is -0.151. The lowest BCUT2D eigenvalue weighted by Gasteiger charge is -2.40. The van der Waals surface area contributed by atoms with Crippen LogP contribution < -0.4 is 4.90 Å². The predicted octanol–water partition coefficient (Wildman–Crippen LogP) is 3.48. The summed E-state index contributed by atoms with van der Waals surface area (Å²) in [5.74, 6) is -0.646. The van der Waals surface area contributed by atoms with E-state index in [-0.39, 0.29) is 12.8 Å². The maximum absolute atomic E-state index is 12.4. The quantitative estimate of drug-likeness (QED) is 0.663. The minimum Gasteiger partial charge on any atom is -0.421 e. The summed E-state index contributed by atoms with van der Waals surface area (Å²) in [7, 11) is -4.76. The van der Waals surface area contributed by atoms with Crippen molar-refractivity contribution in [1.82, 2.24) is 0 Å². The van der Waals surface area contributed by atoms with E-state index in [2.05, 4.69) is 0 Å². The fourth-order valence-electron chi connectivity index (χ4n) is 3.05. The molecule has 3 rings (SSSR count). The Morgan fingerprint density at radius 3 is 1.92 bits per heavy atom. The van der Waals surface area contributed by atoms with E-state index >= 15 is 0 Å². The van der Waals surface area contributed by atoms with Crippen LogP contribution in [0.15, 0.2) is 60.7 Å². The van der Waals surface area contributed by atoms with Crippen LogP contribution in [0.25, 0.3) is 0 Å². The Morgan fingerprint density at radius 2 is 1.44 bits per heavy atom. The van der Waals surface area contributed by atoms with Crippen molar-refractivity contribution in [3.63, 3.8) is 0 Å². The molecule has 25 heavy (non-hydrogen) atoms. The smallest absolute Gasteiger partial charge is 0.327 e. The zero-order chi connectivity index (χ0) is 17.9. The molecular formula is C18H19NO5S. The molecule has 1 unspecified atom stereocenters. The molecule has 7 heteroatoms. The minimum atomic E-state index is -4.76. The normalized spacial score (nSPS) is 21.2. The molecular weight excluding hydrogens is 342 g/mol. The highest BCUT2D eigenvalue weighted by Crippen LogP contribution is 2.41. The summed E-state index contributed by atoms with van der Waals surface area (Å²) in [4.78, 5) is 13.5. The highest BCUT2D eigenvalue weighted by atomic mass is 32.2. The van der Waals surface area contributed by atoms with Gasteiger partial charge in [-0.1, -0.05) is 36.4 Å². The molecule has 0 saturated carbocycles. The van der Waals surface area contributed by atoms with Crippen molar-refractivity contribution >= 4 is 27.5 Å². The Hall–Kier alpha value is -2.38. The van der Waals surface area contributed by atoms with Gasteiger partial charge >= 0.3 is 21.1 Å². The van der Waals surface area contributed by atoms with Crippen LogP contribution in [0.4, 0.5) is 11.4 Å². The number of hydrogen-bond acceptors (Lipinski definition) is 5. The van der Waals surface area contributed by atoms with Gasteiger partial charge in [0.05, 0.1) is 0 Å². The molecule has 0 amide bonds. The predicted molar refractivity (Wildman–Crippen MR) is 93.9 cm³/mol. The fourth-order valence-corrected chi connectivity index (χ4v) is 4.09. The van der Waals surface area contributed by atoms with E-state index in [4.69, 9.17) is 4.74 Å². The van der Waals surface area contributed by atoms with Gasteiger partial charge in [-0.05, 0) is 37.1 Å². The summed E-state index contributed by atoms with van der Waals surface area (Å²) in [6, 6.07) is 17.4. The molecule has 1 aliphatic rings. The largest absolute Gasteiger partial charge is 0.421 e. The molecule has 0 bridgehead atoms. The summed E-state index contributed by atoms with van der Waals surface area (Å²) >= 11 is 0. The van der Waals surface area contributed by atoms with Gasteiger partial charge in [-0.2, -0.15) is 8.42 Å². The van der Waals surface area contributed by atoms with E-state index < -0.39 is 21.1 Å². The van der Waals surface area contributed by atoms with Crippen LogP contribution in [0.1, 0.15) is 25.7 Å². The third kappa shape index (κ3) is 3.38. The molecule has 2 aromatic rings. The second kappa shape index (κ2) is 6.85. The minimum absolute atomic E-state index is 0.0264. The van der Waals surface area contributed by atoms with Crippen LogP contribution in [0, 0.1) is 0 Å². The maximum atomic E-state index is 12.4. The Labute approximate surface area is 146 Å². The Balaban J connectivity index is 2.26. The van der Waals surface area contributed by atoms with Crippen molar-refractivity contribution in [2.75, 3.05) is 4.90 Å². The Bertz CT molecular complexity index is 799. The number of carbonyl (C=O) groups excluding carboxylic acids is 1. The van der Waals surface area contributed by atoms with Crippen molar-refractivity contribution in [3.8, 4) is 0 Å². The highest BCUT2D eigenvalue weighted by Gasteiger charge is 2.53. The number of rotatable bonds is 4. The summed E-state index contributed by atoms with van der Waals surface area (Å²) in [5, 5.41) is -2.19. The van der Waals surface area contributed by atoms with E-state index in [0.717, 1.165) is 0 Å². The van der Waals surface area contributed by atoms with Crippen molar-refractivity contribution in [2.45, 2.75) is 30.7 Å². The molecule has 0 aromatic heterocycles. The third-order valence-corrected chi connectivity index (χ3v) is 5.45. The van der Waals surface area contributed by atoms with Gasteiger partial charge in [-0.25, -0.2) is 0 Å². The van der Waals surface area contributed by atoms with Gasteiger partial charge in [0.15, 0.2) is 0 Å². The van der Waals surface area contributed by atoms with Crippen LogP contribution in [0.3, 0.4) is 0 Å². The Morgan fingerprint density at radius 1 is 0.920 bits per heavy atom. The molecule has 1 heterocycles. The van der Waals surface area contributed by atoms with Crippen LogP contribution in [-0.2, 0) is 19.6 Å². The summed E-state index contributed by atoms with van der Waals surface area (Å²) in [6.07, 6.45) is 1.03. The van der Waals surface area contributed by atoms with Gasteiger partial charge in [0.1, 0.15) is 0 Å². The Kier molecular flexibility index (Phi) is 4.78. The number of carbonyl (C=O) groups is 1. The van der Waals surface area contributed by atoms with Gasteiger partial charge in [0.25, 0.3) is 0 Å². The zero-order valence-corrected chi connectivity index (χ0v) is 14.4. The average Bonchev–Trinajstić information content (AvgIpc) is 2.79. The topological polar surface area (TPSA) is 83.9 Å². The first-order valence-electron chi connectivity index (χ1n) is 8.03. The molecule has 1 atom stereocenters. The standard InChI is InChI=1S/C18H19NO5S/c20-17-13-7-8-14-18(24-17,25(21,22)23)19(15-9-3-1-4-10-15)16-11-5-2-6-12-16/h1-6,9-12H,7-8,13-14H2,(H,21,22,23). The molecule has 6 nitrogen and oxygen atoms in total. The van der Waals surface area contributed by atoms with Gasteiger partial charge in [-0.15, -0.1) is 0 Å². The number of esters is 1. The van der Waals surface area contributed by atoms with E-state index in [1.165, 1.54) is 4.90 Å². The summed E-state index contributed by atoms with van der Waals surface area (Å²) < 4.78 is 40.3. The number of ether oxygens (including phenoxy) is 1. The number of benzene rings is 2. The van der Waals surface area contributed by atoms with Crippen LogP contribution in [-0.4, -0.2) is 24.0 Å². The van der Waals surface area contributed by atoms with E-state index in [0.29, 0.717) is 24.2 Å². The number of hydrogen-bond donors (Lipinski definition) is 1. The number of nitrogens with zero attached hydrogens (tertiary/aromatic N) is 1. The maximum Gasteiger partial charge on any atom is 0.327 e. The molecule has 1 aliphatic heterocycles. The molecule has 1 fully saturated rings. The first-order valence-corrected chi connectivity index (χ1v) is 9.47. The van der Waals surface area contributed by atoms with Gasteiger partial charge in [0, 0.05) is 24.2 Å². The van der Waals surface area contributed by atoms with Crippen LogP contribution in [0.5, 0.6) is 0 Å². The number of anilines is 2. The van der Waals surface area contributed by atoms with Crippen molar-refractivity contribution < 1.29 is 22.5 Å². The van der Waals surface area contributed by atoms with Gasteiger partial charge in [-0.3, -0.25) is 14.2 Å². The molecule has 132 valence electrons. The summed E-state index contributed by atoms with van der Waals surface area (Å²) in [5.41, 5.74) is 1.00. The second-order valence-corrected chi connectivity index (χ2v) is 7.46. The van der Waals surface area contributed by atoms with Crippen molar-refractivity contribution in [3.05, 3.63) is 60.7 Å². The van der Waals surface area contributed by atoms with Crippen molar-refractivity contribution in [2.24, 2.45) is 0 Å². The molecule has 2 aromatic carbocycles. The number of para-hydroxylation sites is 2. The average molecular weight is 361 g/mol. The lowest BCUT2D eigenvalue weighted by atomic mass is 10.1. The summed E-state index contributed by atoms with van der Waals surface area (Å²) in [6.45, 7) is 0. The monoisotopic (exact) mass is 361 g/mol. The molecule has 1 N–H and O–H groups in total. The highest BCUT2D eigenvalue weighted by molar-refractivity contribution is 7.87. The van der Waals surface area contributed by atoms with Gasteiger partial charge < -0.3 is 4.74 Å². The second-order valence-electron chi connectivity index (χ2n) is 5.88. The fraction of sp³-hybridized carbons (Fsp3) is 0.278. The first kappa shape index (κ1) is 17.4.